The highest BCUT2D eigenvalue weighted by atomic mass is 31.2. The number of ether oxygens (including phenoxy) is 4. The number of hydrogen-bond donors (Lipinski definition) is 3. The van der Waals surface area contributed by atoms with Gasteiger partial charge in [-0.3, -0.25) is 37.3 Å². The molecule has 0 spiro atoms. The zero-order valence-electron chi connectivity index (χ0n) is 61.3. The Morgan fingerprint density at radius 1 is 0.287 bits per heavy atom. The Morgan fingerprint density at radius 2 is 0.489 bits per heavy atom. The van der Waals surface area contributed by atoms with Crippen molar-refractivity contribution in [3.8, 4) is 0 Å². The maximum atomic E-state index is 13.1. The number of esters is 4. The summed E-state index contributed by atoms with van der Waals surface area (Å²) in [6.07, 6.45) is 54.3. The Balaban J connectivity index is 5.17. The molecular weight excluding hydrogens is 1230 g/mol. The molecule has 0 bridgehead atoms. The number of phosphoric ester groups is 2. The van der Waals surface area contributed by atoms with Crippen LogP contribution < -0.4 is 0 Å². The van der Waals surface area contributed by atoms with Crippen molar-refractivity contribution in [1.82, 2.24) is 0 Å². The Hall–Kier alpha value is -1.94. The standard InChI is InChI=1S/C75H146O17P2/c1-7-9-11-13-15-17-18-19-20-21-22-23-24-25-26-27-28-35-41-47-53-59-74(79)91-71(64-86-73(78)58-52-46-40-34-30-29-32-37-43-49-55-67(3)4)66-90-94(83,84)88-62-69(76)61-87-93(81,82)89-65-70(63-85-72(77)57-51-45-39-16-14-12-10-8-2)92-75(80)60-54-48-42-36-31-33-38-44-50-56-68(5)6/h67-71,76H,7-66H2,1-6H3,(H,81,82)(H,83,84)/t69-,70+,71+/m0/s1. The summed E-state index contributed by atoms with van der Waals surface area (Å²) in [5.41, 5.74) is 0. The summed E-state index contributed by atoms with van der Waals surface area (Å²) in [5.74, 6) is -0.627. The summed E-state index contributed by atoms with van der Waals surface area (Å²) in [7, 11) is -9.90. The van der Waals surface area contributed by atoms with E-state index in [4.69, 9.17) is 37.0 Å². The zero-order valence-corrected chi connectivity index (χ0v) is 63.1. The van der Waals surface area contributed by atoms with Crippen LogP contribution in [0.1, 0.15) is 388 Å². The number of hydrogen-bond acceptors (Lipinski definition) is 15. The first kappa shape index (κ1) is 92.1. The van der Waals surface area contributed by atoms with Gasteiger partial charge in [-0.25, -0.2) is 9.13 Å². The van der Waals surface area contributed by atoms with E-state index in [1.165, 1.54) is 199 Å². The summed E-state index contributed by atoms with van der Waals surface area (Å²) in [6.45, 7) is 9.53. The van der Waals surface area contributed by atoms with Crippen molar-refractivity contribution in [1.29, 1.82) is 0 Å². The topological polar surface area (TPSA) is 237 Å². The second-order valence-corrected chi connectivity index (χ2v) is 30.9. The predicted octanol–water partition coefficient (Wildman–Crippen LogP) is 21.9. The molecule has 3 N–H and O–H groups in total. The van der Waals surface area contributed by atoms with Crippen molar-refractivity contribution in [2.24, 2.45) is 11.8 Å². The number of unbranched alkanes of at least 4 members (excludes halogenated alkanes) is 44. The largest absolute Gasteiger partial charge is 0.472 e. The van der Waals surface area contributed by atoms with E-state index in [9.17, 15) is 43.2 Å². The summed E-state index contributed by atoms with van der Waals surface area (Å²) in [4.78, 5) is 72.6. The molecule has 0 aromatic carbocycles. The van der Waals surface area contributed by atoms with E-state index in [1.807, 2.05) is 0 Å². The molecule has 0 aromatic heterocycles. The van der Waals surface area contributed by atoms with E-state index in [0.29, 0.717) is 25.7 Å². The quantitative estimate of drug-likeness (QED) is 0.0222. The molecule has 0 rings (SSSR count). The lowest BCUT2D eigenvalue weighted by molar-refractivity contribution is -0.161. The van der Waals surface area contributed by atoms with Gasteiger partial charge in [0.25, 0.3) is 0 Å². The average Bonchev–Trinajstić information content (AvgIpc) is 1.41. The highest BCUT2D eigenvalue weighted by Gasteiger charge is 2.30. The SMILES string of the molecule is CCCCCCCCCCCCCCCCCCCCCCCC(=O)O[C@H](COC(=O)CCCCCCCCCCCCC(C)C)COP(=O)(O)OC[C@@H](O)COP(=O)(O)OC[C@@H](COC(=O)CCCCCCCCCC)OC(=O)CCCCCCCCCCCC(C)C. The summed E-state index contributed by atoms with van der Waals surface area (Å²) in [5, 5.41) is 10.6. The first-order valence-corrected chi connectivity index (χ1v) is 42.0. The van der Waals surface area contributed by atoms with Gasteiger partial charge in [0.05, 0.1) is 26.4 Å². The van der Waals surface area contributed by atoms with E-state index in [2.05, 4.69) is 41.5 Å². The van der Waals surface area contributed by atoms with Gasteiger partial charge in [0.2, 0.25) is 0 Å². The van der Waals surface area contributed by atoms with Crippen molar-refractivity contribution in [2.45, 2.75) is 407 Å². The molecule has 0 heterocycles. The molecule has 0 aliphatic carbocycles. The minimum atomic E-state index is -4.96. The minimum absolute atomic E-state index is 0.105. The molecule has 0 aliphatic heterocycles. The molecule has 2 unspecified atom stereocenters. The van der Waals surface area contributed by atoms with Gasteiger partial charge < -0.3 is 33.8 Å². The molecule has 0 radical (unpaired) electrons. The number of phosphoric acid groups is 2. The lowest BCUT2D eigenvalue weighted by Crippen LogP contribution is -2.30. The van der Waals surface area contributed by atoms with Crippen LogP contribution in [0.5, 0.6) is 0 Å². The van der Waals surface area contributed by atoms with Crippen LogP contribution in [0.4, 0.5) is 0 Å². The van der Waals surface area contributed by atoms with Gasteiger partial charge in [0.1, 0.15) is 19.3 Å². The maximum Gasteiger partial charge on any atom is 0.472 e. The molecule has 5 atom stereocenters. The Morgan fingerprint density at radius 3 is 0.723 bits per heavy atom. The van der Waals surface area contributed by atoms with E-state index in [-0.39, 0.29) is 25.7 Å². The number of aliphatic hydroxyl groups is 1. The monoisotopic (exact) mass is 1380 g/mol. The van der Waals surface area contributed by atoms with Gasteiger partial charge in [0, 0.05) is 25.7 Å². The molecule has 0 aromatic rings. The molecule has 0 amide bonds. The molecule has 94 heavy (non-hydrogen) atoms. The van der Waals surface area contributed by atoms with Gasteiger partial charge >= 0.3 is 39.5 Å². The first-order valence-electron chi connectivity index (χ1n) is 39.0. The third kappa shape index (κ3) is 68.6. The van der Waals surface area contributed by atoms with Gasteiger partial charge in [0.15, 0.2) is 12.2 Å². The smallest absolute Gasteiger partial charge is 0.462 e. The molecule has 0 aliphatic rings. The summed E-state index contributed by atoms with van der Waals surface area (Å²) in [6, 6.07) is 0. The fraction of sp³-hybridized carbons (Fsp3) is 0.947. The predicted molar refractivity (Wildman–Crippen MR) is 381 cm³/mol. The summed E-state index contributed by atoms with van der Waals surface area (Å²) < 4.78 is 68.4. The van der Waals surface area contributed by atoms with E-state index in [0.717, 1.165) is 108 Å². The Bertz CT molecular complexity index is 1820. The van der Waals surface area contributed by atoms with E-state index in [1.54, 1.807) is 0 Å². The normalized spacial score (nSPS) is 14.0. The molecule has 0 saturated carbocycles. The van der Waals surface area contributed by atoms with Gasteiger partial charge in [-0.1, -0.05) is 337 Å². The number of carbonyl (C=O) groups is 4. The molecule has 17 nitrogen and oxygen atoms in total. The number of rotatable bonds is 74. The van der Waals surface area contributed by atoms with Crippen LogP contribution >= 0.6 is 15.6 Å². The van der Waals surface area contributed by atoms with Crippen LogP contribution in [-0.4, -0.2) is 96.7 Å². The maximum absolute atomic E-state index is 13.1. The highest BCUT2D eigenvalue weighted by Crippen LogP contribution is 2.45. The van der Waals surface area contributed by atoms with Crippen LogP contribution in [0.25, 0.3) is 0 Å². The molecular formula is C75H146O17P2. The zero-order chi connectivity index (χ0) is 69.3. The van der Waals surface area contributed by atoms with Crippen LogP contribution in [0.3, 0.4) is 0 Å². The number of carbonyl (C=O) groups excluding carboxylic acids is 4. The first-order chi connectivity index (χ1) is 45.4. The molecule has 19 heteroatoms. The van der Waals surface area contributed by atoms with Crippen LogP contribution in [0.15, 0.2) is 0 Å². The van der Waals surface area contributed by atoms with Crippen molar-refractivity contribution in [2.75, 3.05) is 39.6 Å². The second kappa shape index (κ2) is 66.9. The third-order valence-electron chi connectivity index (χ3n) is 17.5. The van der Waals surface area contributed by atoms with Crippen LogP contribution in [0, 0.1) is 11.8 Å². The van der Waals surface area contributed by atoms with Crippen LogP contribution in [0.2, 0.25) is 0 Å². The van der Waals surface area contributed by atoms with E-state index >= 15 is 0 Å². The minimum Gasteiger partial charge on any atom is -0.462 e. The average molecular weight is 1380 g/mol. The molecule has 0 saturated heterocycles. The third-order valence-corrected chi connectivity index (χ3v) is 19.4. The molecule has 558 valence electrons. The lowest BCUT2D eigenvalue weighted by Gasteiger charge is -2.21. The van der Waals surface area contributed by atoms with Crippen molar-refractivity contribution in [3.05, 3.63) is 0 Å². The lowest BCUT2D eigenvalue weighted by atomic mass is 10.0. The Labute approximate surface area is 575 Å². The Kier molecular flexibility index (Phi) is 65.5. The van der Waals surface area contributed by atoms with E-state index < -0.39 is 97.5 Å². The summed E-state index contributed by atoms with van der Waals surface area (Å²) >= 11 is 0. The van der Waals surface area contributed by atoms with Gasteiger partial charge in [-0.05, 0) is 37.5 Å². The fourth-order valence-corrected chi connectivity index (χ4v) is 13.1. The fourth-order valence-electron chi connectivity index (χ4n) is 11.5. The highest BCUT2D eigenvalue weighted by molar-refractivity contribution is 7.47. The van der Waals surface area contributed by atoms with Crippen molar-refractivity contribution >= 4 is 39.5 Å². The van der Waals surface area contributed by atoms with Gasteiger partial charge in [-0.2, -0.15) is 0 Å². The van der Waals surface area contributed by atoms with Gasteiger partial charge in [-0.15, -0.1) is 0 Å². The second-order valence-electron chi connectivity index (χ2n) is 28.0. The number of aliphatic hydroxyl groups excluding tert-OH is 1. The molecule has 0 fully saturated rings. The van der Waals surface area contributed by atoms with Crippen molar-refractivity contribution in [3.63, 3.8) is 0 Å². The van der Waals surface area contributed by atoms with Crippen LogP contribution in [-0.2, 0) is 65.4 Å². The van der Waals surface area contributed by atoms with Crippen molar-refractivity contribution < 1.29 is 80.2 Å².